The van der Waals surface area contributed by atoms with E-state index in [1.54, 1.807) is 12.3 Å². The van der Waals surface area contributed by atoms with Crippen LogP contribution in [-0.4, -0.2) is 49.5 Å². The van der Waals surface area contributed by atoms with Crippen LogP contribution in [0.4, 0.5) is 13.2 Å². The summed E-state index contributed by atoms with van der Waals surface area (Å²) in [4.78, 5) is 15.2. The van der Waals surface area contributed by atoms with E-state index in [0.717, 1.165) is 11.6 Å². The number of nitrogens with zero attached hydrogens (tertiary/aromatic N) is 4. The van der Waals surface area contributed by atoms with Crippen LogP contribution in [0.2, 0.25) is 0 Å². The Morgan fingerprint density at radius 1 is 1.26 bits per heavy atom. The van der Waals surface area contributed by atoms with Gasteiger partial charge in [0.1, 0.15) is 17.9 Å². The maximum absolute atomic E-state index is 12.3. The number of benzene rings is 1. The van der Waals surface area contributed by atoms with Crippen LogP contribution < -0.4 is 4.74 Å². The van der Waals surface area contributed by atoms with Gasteiger partial charge in [0.2, 0.25) is 5.88 Å². The van der Waals surface area contributed by atoms with Crippen molar-refractivity contribution in [2.24, 2.45) is 4.36 Å². The number of hydrogen-bond donors (Lipinski definition) is 0. The highest BCUT2D eigenvalue weighted by atomic mass is 32.2. The van der Waals surface area contributed by atoms with E-state index in [1.165, 1.54) is 10.6 Å². The molecule has 4 aromatic rings. The van der Waals surface area contributed by atoms with Gasteiger partial charge in [-0.15, -0.1) is 5.10 Å². The van der Waals surface area contributed by atoms with Gasteiger partial charge in [-0.25, -0.2) is 13.7 Å². The van der Waals surface area contributed by atoms with Crippen LogP contribution >= 0.6 is 0 Å². The van der Waals surface area contributed by atoms with Crippen molar-refractivity contribution in [3.8, 4) is 17.3 Å². The van der Waals surface area contributed by atoms with Gasteiger partial charge in [0.15, 0.2) is 11.4 Å². The Labute approximate surface area is 173 Å². The van der Waals surface area contributed by atoms with Crippen LogP contribution in [0.25, 0.3) is 28.1 Å². The van der Waals surface area contributed by atoms with Crippen molar-refractivity contribution in [2.75, 3.05) is 18.6 Å². The molecule has 0 spiro atoms. The molecule has 3 aromatic heterocycles. The van der Waals surface area contributed by atoms with Gasteiger partial charge in [-0.2, -0.15) is 17.5 Å². The number of ether oxygens (including phenoxy) is 1. The molecule has 162 valence electrons. The lowest BCUT2D eigenvalue weighted by molar-refractivity contribution is -0.169. The molecule has 31 heavy (non-hydrogen) atoms. The Morgan fingerprint density at radius 3 is 2.77 bits per heavy atom. The summed E-state index contributed by atoms with van der Waals surface area (Å²) in [7, 11) is -3.41. The lowest BCUT2D eigenvalue weighted by Gasteiger charge is -2.08. The third-order valence-electron chi connectivity index (χ3n) is 4.25. The van der Waals surface area contributed by atoms with E-state index in [9.17, 15) is 22.2 Å². The van der Waals surface area contributed by atoms with E-state index in [0.29, 0.717) is 22.7 Å². The monoisotopic (exact) mass is 452 g/mol. The number of rotatable bonds is 5. The fourth-order valence-corrected chi connectivity index (χ4v) is 3.72. The van der Waals surface area contributed by atoms with Crippen molar-refractivity contribution in [1.82, 2.24) is 14.6 Å². The predicted molar refractivity (Wildman–Crippen MR) is 106 cm³/mol. The third kappa shape index (κ3) is 4.53. The molecule has 0 saturated heterocycles. The van der Waals surface area contributed by atoms with Crippen LogP contribution in [0.3, 0.4) is 0 Å². The zero-order chi connectivity index (χ0) is 22.2. The fraction of sp³-hybridized carbons (Fsp3) is 0.211. The number of imidazole rings is 1. The molecule has 12 heteroatoms. The fourth-order valence-electron chi connectivity index (χ4n) is 2.78. The van der Waals surface area contributed by atoms with E-state index in [4.69, 9.17) is 9.15 Å². The summed E-state index contributed by atoms with van der Waals surface area (Å²) in [6, 6.07) is 12.5. The van der Waals surface area contributed by atoms with Gasteiger partial charge in [0, 0.05) is 17.7 Å². The van der Waals surface area contributed by atoms with Gasteiger partial charge in [0.25, 0.3) is 0 Å². The van der Waals surface area contributed by atoms with E-state index in [2.05, 4.69) is 14.4 Å². The molecule has 1 atom stereocenters. The first-order valence-electron chi connectivity index (χ1n) is 8.90. The lowest BCUT2D eigenvalue weighted by atomic mass is 10.2. The van der Waals surface area contributed by atoms with Gasteiger partial charge < -0.3 is 9.15 Å². The van der Waals surface area contributed by atoms with Gasteiger partial charge in [-0.05, 0) is 18.2 Å². The van der Waals surface area contributed by atoms with Crippen LogP contribution in [0.1, 0.15) is 0 Å². The Kier molecular flexibility index (Phi) is 5.17. The van der Waals surface area contributed by atoms with Gasteiger partial charge in [-0.1, -0.05) is 18.2 Å². The van der Waals surface area contributed by atoms with Crippen LogP contribution in [-0.2, 0) is 14.5 Å². The molecule has 0 radical (unpaired) electrons. The minimum Gasteiger partial charge on any atom is -0.476 e. The number of alkyl halides is 3. The molecule has 1 amide bonds. The van der Waals surface area contributed by atoms with E-state index >= 15 is 0 Å². The molecule has 0 saturated carbocycles. The number of halogens is 3. The highest BCUT2D eigenvalue weighted by Gasteiger charge is 2.39. The molecule has 0 bridgehead atoms. The van der Waals surface area contributed by atoms with Crippen LogP contribution in [0, 0.1) is 0 Å². The molecular weight excluding hydrogens is 437 g/mol. The summed E-state index contributed by atoms with van der Waals surface area (Å²) in [6.07, 6.45) is -2.61. The van der Waals surface area contributed by atoms with E-state index < -0.39 is 21.8 Å². The molecule has 8 nitrogen and oxygen atoms in total. The summed E-state index contributed by atoms with van der Waals surface area (Å²) >= 11 is 0. The number of aromatic nitrogens is 3. The second-order valence-corrected chi connectivity index (χ2v) is 9.15. The molecule has 0 N–H and O–H groups in total. The van der Waals surface area contributed by atoms with Crippen LogP contribution in [0.15, 0.2) is 57.4 Å². The number of para-hydroxylation sites is 1. The molecular formula is C19H15F3N4O4S. The summed E-state index contributed by atoms with van der Waals surface area (Å²) in [5, 5.41) is 5.21. The number of carbonyl (C=O) groups excluding carboxylic acids is 1. The topological polar surface area (TPSA) is 99.1 Å². The highest BCUT2D eigenvalue weighted by Crippen LogP contribution is 2.28. The number of furan rings is 1. The molecule has 1 aromatic carbocycles. The normalized spacial score (nSPS) is 13.9. The number of amides is 1. The lowest BCUT2D eigenvalue weighted by Crippen LogP contribution is -2.23. The molecule has 4 rings (SSSR count). The van der Waals surface area contributed by atoms with Gasteiger partial charge in [0.05, 0.1) is 21.7 Å². The molecule has 0 aliphatic heterocycles. The largest absolute Gasteiger partial charge is 0.476 e. The smallest absolute Gasteiger partial charge is 0.474 e. The third-order valence-corrected chi connectivity index (χ3v) is 5.72. The summed E-state index contributed by atoms with van der Waals surface area (Å²) in [5.74, 6) is -2.09. The van der Waals surface area contributed by atoms with Crippen molar-refractivity contribution in [1.29, 1.82) is 0 Å². The summed E-state index contributed by atoms with van der Waals surface area (Å²) in [5.41, 5.74) is 1.80. The van der Waals surface area contributed by atoms with Crippen molar-refractivity contribution in [3.63, 3.8) is 0 Å². The highest BCUT2D eigenvalue weighted by molar-refractivity contribution is 7.93. The number of fused-ring (bicyclic) bond motifs is 2. The Morgan fingerprint density at radius 2 is 2.03 bits per heavy atom. The van der Waals surface area contributed by atoms with Gasteiger partial charge in [-0.3, -0.25) is 4.79 Å². The van der Waals surface area contributed by atoms with Crippen LogP contribution in [0.5, 0.6) is 5.88 Å². The first-order chi connectivity index (χ1) is 14.6. The average molecular weight is 452 g/mol. The maximum atomic E-state index is 12.3. The number of hydrogen-bond acceptors (Lipinski definition) is 6. The summed E-state index contributed by atoms with van der Waals surface area (Å²) < 4.78 is 64.5. The van der Waals surface area contributed by atoms with Gasteiger partial charge >= 0.3 is 12.1 Å². The molecule has 0 aliphatic rings. The van der Waals surface area contributed by atoms with E-state index in [1.807, 2.05) is 30.3 Å². The van der Waals surface area contributed by atoms with Crippen molar-refractivity contribution < 1.29 is 31.3 Å². The SMILES string of the molecule is CS(=O)(CCOc1ccc2ncc(-c3cc4ccccc4o3)n2n1)=NC(=O)C(F)(F)F. The molecule has 3 heterocycles. The minimum atomic E-state index is -5.17. The molecule has 0 fully saturated rings. The van der Waals surface area contributed by atoms with Crippen molar-refractivity contribution in [2.45, 2.75) is 6.18 Å². The Hall–Kier alpha value is -3.41. The minimum absolute atomic E-state index is 0.125. The quantitative estimate of drug-likeness (QED) is 0.458. The zero-order valence-electron chi connectivity index (χ0n) is 16.0. The first kappa shape index (κ1) is 20.8. The Bertz CT molecular complexity index is 1370. The van der Waals surface area contributed by atoms with E-state index in [-0.39, 0.29) is 18.2 Å². The second kappa shape index (κ2) is 7.69. The second-order valence-electron chi connectivity index (χ2n) is 6.64. The zero-order valence-corrected chi connectivity index (χ0v) is 16.8. The standard InChI is InChI=1S/C19H15F3N4O4S/c1-31(28,25-18(27)19(20,21)22)9-8-29-17-7-6-16-23-11-13(26(16)24-17)15-10-12-4-2-3-5-14(12)30-15/h2-7,10-11H,8-9H2,1H3. The summed E-state index contributed by atoms with van der Waals surface area (Å²) in [6.45, 7) is -0.253. The number of carbonyl (C=O) groups is 1. The Balaban J connectivity index is 1.53. The maximum Gasteiger partial charge on any atom is 0.474 e. The predicted octanol–water partition coefficient (Wildman–Crippen LogP) is 3.71. The molecule has 0 aliphatic carbocycles. The molecule has 1 unspecified atom stereocenters. The average Bonchev–Trinajstić information content (AvgIpc) is 3.30. The van der Waals surface area contributed by atoms with Crippen molar-refractivity contribution >= 4 is 32.3 Å². The van der Waals surface area contributed by atoms with Crippen molar-refractivity contribution in [3.05, 3.63) is 48.7 Å². The first-order valence-corrected chi connectivity index (χ1v) is 11.0.